The van der Waals surface area contributed by atoms with Gasteiger partial charge >= 0.3 is 0 Å². The van der Waals surface area contributed by atoms with Crippen LogP contribution in [0.5, 0.6) is 0 Å². The molecular formula is C21H22N6O3. The van der Waals surface area contributed by atoms with Crippen LogP contribution in [0.25, 0.3) is 5.69 Å². The van der Waals surface area contributed by atoms with E-state index in [1.54, 1.807) is 23.0 Å². The minimum Gasteiger partial charge on any atom is -0.357 e. The molecule has 2 aromatic heterocycles. The number of hydrogen-bond acceptors (Lipinski definition) is 6. The number of hydrogen-bond donors (Lipinski definition) is 1. The first-order valence-corrected chi connectivity index (χ1v) is 9.91. The predicted octanol–water partition coefficient (Wildman–Crippen LogP) is 3.59. The van der Waals surface area contributed by atoms with Gasteiger partial charge in [0, 0.05) is 25.2 Å². The van der Waals surface area contributed by atoms with Crippen LogP contribution in [0.15, 0.2) is 48.8 Å². The van der Waals surface area contributed by atoms with Crippen molar-refractivity contribution in [2.24, 2.45) is 0 Å². The van der Waals surface area contributed by atoms with E-state index in [4.69, 9.17) is 0 Å². The maximum absolute atomic E-state index is 12.8. The maximum Gasteiger partial charge on any atom is 0.269 e. The zero-order valence-corrected chi connectivity index (χ0v) is 16.6. The van der Waals surface area contributed by atoms with Gasteiger partial charge in [-0.3, -0.25) is 14.9 Å². The van der Waals surface area contributed by atoms with Gasteiger partial charge in [0.15, 0.2) is 0 Å². The average molecular weight is 406 g/mol. The molecule has 3 heterocycles. The lowest BCUT2D eigenvalue weighted by Crippen LogP contribution is -2.19. The first-order chi connectivity index (χ1) is 14.6. The zero-order valence-electron chi connectivity index (χ0n) is 16.6. The Morgan fingerprint density at radius 3 is 2.47 bits per heavy atom. The molecule has 4 rings (SSSR count). The molecule has 1 saturated heterocycles. The molecule has 3 aromatic rings. The Kier molecular flexibility index (Phi) is 5.42. The highest BCUT2D eigenvalue weighted by Crippen LogP contribution is 2.22. The number of benzene rings is 1. The normalized spacial score (nSPS) is 13.4. The molecule has 0 radical (unpaired) electrons. The molecule has 0 spiro atoms. The Hall–Kier alpha value is -3.75. The molecule has 0 atom stereocenters. The Balaban J connectivity index is 1.52. The number of pyridine rings is 1. The van der Waals surface area contributed by atoms with Gasteiger partial charge < -0.3 is 10.2 Å². The van der Waals surface area contributed by atoms with Crippen molar-refractivity contribution in [1.29, 1.82) is 0 Å². The van der Waals surface area contributed by atoms with Gasteiger partial charge in [-0.15, -0.1) is 0 Å². The van der Waals surface area contributed by atoms with Crippen LogP contribution < -0.4 is 10.2 Å². The van der Waals surface area contributed by atoms with Crippen molar-refractivity contribution in [3.63, 3.8) is 0 Å². The number of aromatic nitrogens is 3. The molecule has 0 saturated carbocycles. The third-order valence-electron chi connectivity index (χ3n) is 5.19. The van der Waals surface area contributed by atoms with Crippen molar-refractivity contribution < 1.29 is 9.72 Å². The van der Waals surface area contributed by atoms with Crippen molar-refractivity contribution in [2.75, 3.05) is 23.3 Å². The first-order valence-electron chi connectivity index (χ1n) is 9.91. The minimum atomic E-state index is -0.449. The summed E-state index contributed by atoms with van der Waals surface area (Å²) in [6.45, 7) is 3.96. The number of amides is 1. The molecule has 0 unspecified atom stereocenters. The number of carbonyl (C=O) groups is 1. The van der Waals surface area contributed by atoms with E-state index >= 15 is 0 Å². The minimum absolute atomic E-state index is 0.00629. The van der Waals surface area contributed by atoms with Crippen LogP contribution in [-0.4, -0.2) is 38.7 Å². The van der Waals surface area contributed by atoms with E-state index in [2.05, 4.69) is 20.3 Å². The quantitative estimate of drug-likeness (QED) is 0.495. The van der Waals surface area contributed by atoms with Crippen LogP contribution in [0.2, 0.25) is 0 Å². The molecule has 1 aliphatic heterocycles. The third-order valence-corrected chi connectivity index (χ3v) is 5.19. The van der Waals surface area contributed by atoms with E-state index < -0.39 is 4.92 Å². The SMILES string of the molecule is CCc1c(C(=O)Nc2ccc(N3CCCC3)nc2)cnn1-c1ccc([N+](=O)[O-])cc1. The highest BCUT2D eigenvalue weighted by molar-refractivity contribution is 6.05. The summed E-state index contributed by atoms with van der Waals surface area (Å²) in [5, 5.41) is 18.1. The summed E-state index contributed by atoms with van der Waals surface area (Å²) in [4.78, 5) is 29.9. The molecule has 0 bridgehead atoms. The first kappa shape index (κ1) is 19.6. The molecule has 9 heteroatoms. The molecule has 1 amide bonds. The van der Waals surface area contributed by atoms with E-state index in [9.17, 15) is 14.9 Å². The molecule has 0 aliphatic carbocycles. The summed E-state index contributed by atoms with van der Waals surface area (Å²) in [5.41, 5.74) is 2.47. The van der Waals surface area contributed by atoms with Crippen molar-refractivity contribution in [2.45, 2.75) is 26.2 Å². The van der Waals surface area contributed by atoms with Gasteiger partial charge in [0.1, 0.15) is 5.82 Å². The van der Waals surface area contributed by atoms with Gasteiger partial charge in [0.2, 0.25) is 0 Å². The van der Waals surface area contributed by atoms with Crippen LogP contribution in [-0.2, 0) is 6.42 Å². The number of nitrogens with one attached hydrogen (secondary N) is 1. The topological polar surface area (TPSA) is 106 Å². The Bertz CT molecular complexity index is 1050. The largest absolute Gasteiger partial charge is 0.357 e. The van der Waals surface area contributed by atoms with Gasteiger partial charge in [-0.1, -0.05) is 6.92 Å². The predicted molar refractivity (Wildman–Crippen MR) is 113 cm³/mol. The Morgan fingerprint density at radius 2 is 1.87 bits per heavy atom. The van der Waals surface area contributed by atoms with Crippen LogP contribution in [0, 0.1) is 10.1 Å². The van der Waals surface area contributed by atoms with Crippen LogP contribution in [0.3, 0.4) is 0 Å². The summed E-state index contributed by atoms with van der Waals surface area (Å²) in [7, 11) is 0. The fourth-order valence-corrected chi connectivity index (χ4v) is 3.63. The summed E-state index contributed by atoms with van der Waals surface area (Å²) in [6, 6.07) is 9.85. The summed E-state index contributed by atoms with van der Waals surface area (Å²) >= 11 is 0. The number of non-ortho nitro benzene ring substituents is 1. The third kappa shape index (κ3) is 3.86. The van der Waals surface area contributed by atoms with Crippen LogP contribution in [0.1, 0.15) is 35.8 Å². The Labute approximate surface area is 173 Å². The van der Waals surface area contributed by atoms with Gasteiger partial charge in [-0.05, 0) is 43.5 Å². The lowest BCUT2D eigenvalue weighted by atomic mass is 10.2. The molecule has 30 heavy (non-hydrogen) atoms. The van der Waals surface area contributed by atoms with Gasteiger partial charge in [0.05, 0.1) is 39.9 Å². The zero-order chi connectivity index (χ0) is 21.1. The summed E-state index contributed by atoms with van der Waals surface area (Å²) < 4.78 is 1.63. The van der Waals surface area contributed by atoms with E-state index in [1.165, 1.54) is 31.2 Å². The lowest BCUT2D eigenvalue weighted by molar-refractivity contribution is -0.384. The molecule has 1 N–H and O–H groups in total. The van der Waals surface area contributed by atoms with Gasteiger partial charge in [-0.25, -0.2) is 9.67 Å². The molecule has 9 nitrogen and oxygen atoms in total. The second kappa shape index (κ2) is 8.32. The fourth-order valence-electron chi connectivity index (χ4n) is 3.63. The summed E-state index contributed by atoms with van der Waals surface area (Å²) in [6.07, 6.45) is 6.11. The number of rotatable bonds is 6. The summed E-state index contributed by atoms with van der Waals surface area (Å²) in [5.74, 6) is 0.654. The number of carbonyl (C=O) groups excluding carboxylic acids is 1. The Morgan fingerprint density at radius 1 is 1.13 bits per heavy atom. The van der Waals surface area contributed by atoms with E-state index in [-0.39, 0.29) is 11.6 Å². The molecule has 154 valence electrons. The highest BCUT2D eigenvalue weighted by Gasteiger charge is 2.19. The van der Waals surface area contributed by atoms with Gasteiger partial charge in [0.25, 0.3) is 11.6 Å². The van der Waals surface area contributed by atoms with Crippen molar-refractivity contribution >= 4 is 23.1 Å². The fraction of sp³-hybridized carbons (Fsp3) is 0.286. The number of nitrogens with zero attached hydrogens (tertiary/aromatic N) is 5. The van der Waals surface area contributed by atoms with E-state index in [0.29, 0.717) is 23.4 Å². The average Bonchev–Trinajstić information content (AvgIpc) is 3.44. The van der Waals surface area contributed by atoms with E-state index in [1.807, 2.05) is 19.1 Å². The van der Waals surface area contributed by atoms with Crippen LogP contribution >= 0.6 is 0 Å². The number of nitro benzene ring substituents is 1. The molecule has 1 aromatic carbocycles. The standard InChI is InChI=1S/C21H22N6O3/c1-2-19-18(14-23-26(19)16-6-8-17(9-7-16)27(29)30)21(28)24-15-5-10-20(22-13-15)25-11-3-4-12-25/h5-10,13-14H,2-4,11-12H2,1H3,(H,24,28). The second-order valence-corrected chi connectivity index (χ2v) is 7.10. The van der Waals surface area contributed by atoms with Crippen molar-refractivity contribution in [3.05, 3.63) is 70.2 Å². The number of anilines is 2. The molecule has 1 aliphatic rings. The number of nitro groups is 1. The van der Waals surface area contributed by atoms with Crippen LogP contribution in [0.4, 0.5) is 17.2 Å². The van der Waals surface area contributed by atoms with Gasteiger partial charge in [-0.2, -0.15) is 5.10 Å². The van der Waals surface area contributed by atoms with Crippen molar-refractivity contribution in [3.8, 4) is 5.69 Å². The maximum atomic E-state index is 12.8. The highest BCUT2D eigenvalue weighted by atomic mass is 16.6. The van der Waals surface area contributed by atoms with Crippen molar-refractivity contribution in [1.82, 2.24) is 14.8 Å². The molecule has 1 fully saturated rings. The second-order valence-electron chi connectivity index (χ2n) is 7.10. The lowest BCUT2D eigenvalue weighted by Gasteiger charge is -2.16. The monoisotopic (exact) mass is 406 g/mol. The van der Waals surface area contributed by atoms with E-state index in [0.717, 1.165) is 24.6 Å². The smallest absolute Gasteiger partial charge is 0.269 e. The molecular weight excluding hydrogens is 384 g/mol.